The summed E-state index contributed by atoms with van der Waals surface area (Å²) in [5.74, 6) is -1.39. The number of hydrogen-bond acceptors (Lipinski definition) is 6. The summed E-state index contributed by atoms with van der Waals surface area (Å²) in [6, 6.07) is 5.16. The highest BCUT2D eigenvalue weighted by Gasteiger charge is 2.34. The highest BCUT2D eigenvalue weighted by molar-refractivity contribution is 6.31. The van der Waals surface area contributed by atoms with Crippen molar-refractivity contribution in [2.75, 3.05) is 22.1 Å². The Bertz CT molecular complexity index is 854. The Labute approximate surface area is 142 Å². The standard InChI is InChI=1S/C15H15ClN6O2/c1-6-2-3-7(4-9(6)16)19-14(24)8-5-10(23)20-13-11(8)12(17)21-15(18)22-13/h2-4,8H,5H2,1H3,(H,19,24)(H5,17,18,20,21,22,23)/t8-/m1/s1. The van der Waals surface area contributed by atoms with Crippen molar-refractivity contribution >= 4 is 46.7 Å². The maximum atomic E-state index is 12.6. The van der Waals surface area contributed by atoms with Crippen LogP contribution in [0.5, 0.6) is 0 Å². The number of carbonyl (C=O) groups excluding carboxylic acids is 2. The molecule has 1 aliphatic rings. The number of rotatable bonds is 2. The van der Waals surface area contributed by atoms with Gasteiger partial charge in [-0.05, 0) is 24.6 Å². The van der Waals surface area contributed by atoms with Gasteiger partial charge < -0.3 is 22.1 Å². The van der Waals surface area contributed by atoms with Crippen LogP contribution in [0.1, 0.15) is 23.5 Å². The molecule has 0 fully saturated rings. The van der Waals surface area contributed by atoms with Crippen molar-refractivity contribution in [3.63, 3.8) is 0 Å². The van der Waals surface area contributed by atoms with Crippen LogP contribution in [0.3, 0.4) is 0 Å². The monoisotopic (exact) mass is 346 g/mol. The molecule has 0 saturated carbocycles. The summed E-state index contributed by atoms with van der Waals surface area (Å²) in [7, 11) is 0. The molecule has 6 N–H and O–H groups in total. The van der Waals surface area contributed by atoms with Crippen molar-refractivity contribution < 1.29 is 9.59 Å². The highest BCUT2D eigenvalue weighted by atomic mass is 35.5. The molecular formula is C15H15ClN6O2. The molecule has 0 saturated heterocycles. The first kappa shape index (κ1) is 16.0. The summed E-state index contributed by atoms with van der Waals surface area (Å²) < 4.78 is 0. The van der Waals surface area contributed by atoms with E-state index in [0.717, 1.165) is 5.56 Å². The fourth-order valence-electron chi connectivity index (χ4n) is 2.54. The lowest BCUT2D eigenvalue weighted by atomic mass is 9.92. The smallest absolute Gasteiger partial charge is 0.232 e. The predicted molar refractivity (Wildman–Crippen MR) is 91.7 cm³/mol. The molecule has 9 heteroatoms. The van der Waals surface area contributed by atoms with E-state index >= 15 is 0 Å². The van der Waals surface area contributed by atoms with Gasteiger partial charge in [0.1, 0.15) is 11.6 Å². The van der Waals surface area contributed by atoms with Gasteiger partial charge in [0.15, 0.2) is 0 Å². The predicted octanol–water partition coefficient (Wildman–Crippen LogP) is 1.67. The minimum absolute atomic E-state index is 0.0596. The van der Waals surface area contributed by atoms with Gasteiger partial charge in [0.05, 0.1) is 11.5 Å². The van der Waals surface area contributed by atoms with Crippen LogP contribution in [0, 0.1) is 6.92 Å². The molecular weight excluding hydrogens is 332 g/mol. The van der Waals surface area contributed by atoms with E-state index in [1.165, 1.54) is 0 Å². The van der Waals surface area contributed by atoms with Crippen molar-refractivity contribution in [2.45, 2.75) is 19.3 Å². The number of fused-ring (bicyclic) bond motifs is 1. The Kier molecular flexibility index (Phi) is 3.98. The number of nitrogen functional groups attached to an aromatic ring is 2. The van der Waals surface area contributed by atoms with Crippen molar-refractivity contribution in [1.29, 1.82) is 0 Å². The average molecular weight is 347 g/mol. The maximum Gasteiger partial charge on any atom is 0.232 e. The van der Waals surface area contributed by atoms with Crippen LogP contribution in [-0.2, 0) is 9.59 Å². The summed E-state index contributed by atoms with van der Waals surface area (Å²) in [5, 5.41) is 5.83. The van der Waals surface area contributed by atoms with E-state index in [1.807, 2.05) is 6.92 Å². The summed E-state index contributed by atoms with van der Waals surface area (Å²) in [4.78, 5) is 32.3. The van der Waals surface area contributed by atoms with Crippen LogP contribution in [-0.4, -0.2) is 21.8 Å². The van der Waals surface area contributed by atoms with E-state index in [4.69, 9.17) is 23.1 Å². The first-order valence-corrected chi connectivity index (χ1v) is 7.52. The minimum atomic E-state index is -0.811. The van der Waals surface area contributed by atoms with Gasteiger partial charge in [-0.25, -0.2) is 0 Å². The van der Waals surface area contributed by atoms with Crippen molar-refractivity contribution in [1.82, 2.24) is 9.97 Å². The quantitative estimate of drug-likeness (QED) is 0.653. The van der Waals surface area contributed by atoms with Crippen molar-refractivity contribution in [3.05, 3.63) is 34.3 Å². The molecule has 0 aliphatic carbocycles. The number of nitrogens with one attached hydrogen (secondary N) is 2. The SMILES string of the molecule is Cc1ccc(NC(=O)[C@@H]2CC(=O)Nc3nc(N)nc(N)c32)cc1Cl. The van der Waals surface area contributed by atoms with E-state index in [1.54, 1.807) is 18.2 Å². The molecule has 2 amide bonds. The average Bonchev–Trinajstić information content (AvgIpc) is 2.49. The number of amides is 2. The molecule has 8 nitrogen and oxygen atoms in total. The third kappa shape index (κ3) is 2.95. The number of hydrogen-bond donors (Lipinski definition) is 4. The third-order valence-corrected chi connectivity index (χ3v) is 4.15. The van der Waals surface area contributed by atoms with Gasteiger partial charge in [-0.1, -0.05) is 17.7 Å². The van der Waals surface area contributed by atoms with Crippen molar-refractivity contribution in [2.24, 2.45) is 0 Å². The Morgan fingerprint density at radius 1 is 1.38 bits per heavy atom. The topological polar surface area (TPSA) is 136 Å². The van der Waals surface area contributed by atoms with E-state index in [-0.39, 0.29) is 29.9 Å². The van der Waals surface area contributed by atoms with Crippen LogP contribution in [0.4, 0.5) is 23.3 Å². The van der Waals surface area contributed by atoms with Gasteiger partial charge in [-0.2, -0.15) is 9.97 Å². The zero-order chi connectivity index (χ0) is 17.4. The number of halogens is 1. The Morgan fingerprint density at radius 3 is 2.83 bits per heavy atom. The van der Waals surface area contributed by atoms with Crippen LogP contribution in [0.25, 0.3) is 0 Å². The van der Waals surface area contributed by atoms with Gasteiger partial charge in [0.2, 0.25) is 17.8 Å². The molecule has 3 rings (SSSR count). The fourth-order valence-corrected chi connectivity index (χ4v) is 2.72. The number of anilines is 4. The normalized spacial score (nSPS) is 16.2. The lowest BCUT2D eigenvalue weighted by Crippen LogP contribution is -2.32. The largest absolute Gasteiger partial charge is 0.383 e. The van der Waals surface area contributed by atoms with E-state index in [0.29, 0.717) is 16.3 Å². The molecule has 0 bridgehead atoms. The number of benzene rings is 1. The number of aryl methyl sites for hydroxylation is 1. The van der Waals surface area contributed by atoms with Gasteiger partial charge >= 0.3 is 0 Å². The molecule has 0 spiro atoms. The van der Waals surface area contributed by atoms with Gasteiger partial charge in [0, 0.05) is 17.1 Å². The molecule has 2 aromatic rings. The summed E-state index contributed by atoms with van der Waals surface area (Å²) in [6.45, 7) is 1.86. The minimum Gasteiger partial charge on any atom is -0.383 e. The molecule has 1 aromatic carbocycles. The molecule has 1 aliphatic heterocycles. The number of nitrogens with two attached hydrogens (primary N) is 2. The summed E-state index contributed by atoms with van der Waals surface area (Å²) >= 11 is 6.06. The van der Waals surface area contributed by atoms with E-state index in [9.17, 15) is 9.59 Å². The summed E-state index contributed by atoms with van der Waals surface area (Å²) in [5.41, 5.74) is 13.2. The van der Waals surface area contributed by atoms with Crippen molar-refractivity contribution in [3.8, 4) is 0 Å². The molecule has 124 valence electrons. The second-order valence-corrected chi connectivity index (χ2v) is 5.89. The lowest BCUT2D eigenvalue weighted by molar-refractivity contribution is -0.123. The Balaban J connectivity index is 1.93. The second-order valence-electron chi connectivity index (χ2n) is 5.49. The molecule has 2 heterocycles. The van der Waals surface area contributed by atoms with Crippen LogP contribution < -0.4 is 22.1 Å². The second kappa shape index (κ2) is 5.97. The maximum absolute atomic E-state index is 12.6. The van der Waals surface area contributed by atoms with Crippen LogP contribution in [0.2, 0.25) is 5.02 Å². The molecule has 1 atom stereocenters. The van der Waals surface area contributed by atoms with Gasteiger partial charge in [-0.15, -0.1) is 0 Å². The Hall–Kier alpha value is -2.87. The van der Waals surface area contributed by atoms with Gasteiger partial charge in [0.25, 0.3) is 0 Å². The zero-order valence-electron chi connectivity index (χ0n) is 12.8. The van der Waals surface area contributed by atoms with Crippen LogP contribution in [0.15, 0.2) is 18.2 Å². The van der Waals surface area contributed by atoms with E-state index in [2.05, 4.69) is 20.6 Å². The van der Waals surface area contributed by atoms with Crippen LogP contribution >= 0.6 is 11.6 Å². The van der Waals surface area contributed by atoms with E-state index < -0.39 is 11.8 Å². The summed E-state index contributed by atoms with van der Waals surface area (Å²) in [6.07, 6.45) is -0.0596. The first-order valence-electron chi connectivity index (χ1n) is 7.15. The number of aromatic nitrogens is 2. The third-order valence-electron chi connectivity index (χ3n) is 3.74. The lowest BCUT2D eigenvalue weighted by Gasteiger charge is -2.25. The number of carbonyl (C=O) groups is 2. The molecule has 24 heavy (non-hydrogen) atoms. The molecule has 0 radical (unpaired) electrons. The Morgan fingerprint density at radius 2 is 2.12 bits per heavy atom. The molecule has 1 aromatic heterocycles. The first-order chi connectivity index (χ1) is 11.3. The van der Waals surface area contributed by atoms with Gasteiger partial charge in [-0.3, -0.25) is 9.59 Å². The zero-order valence-corrected chi connectivity index (χ0v) is 13.5. The molecule has 0 unspecified atom stereocenters. The fraction of sp³-hybridized carbons (Fsp3) is 0.200. The number of nitrogens with zero attached hydrogens (tertiary/aromatic N) is 2. The highest BCUT2D eigenvalue weighted by Crippen LogP contribution is 2.35.